The first-order valence-corrected chi connectivity index (χ1v) is 8.53. The van der Waals surface area contributed by atoms with Crippen molar-refractivity contribution in [1.82, 2.24) is 14.8 Å². The van der Waals surface area contributed by atoms with Crippen molar-refractivity contribution in [3.63, 3.8) is 0 Å². The molecule has 0 saturated carbocycles. The molecule has 120 valence electrons. The second kappa shape index (κ2) is 6.20. The molecule has 3 aromatic rings. The normalized spacial score (nSPS) is 13.2. The molecule has 0 radical (unpaired) electrons. The number of halogens is 3. The van der Waals surface area contributed by atoms with Crippen molar-refractivity contribution < 1.29 is 0 Å². The molecular weight excluding hydrogens is 367 g/mol. The van der Waals surface area contributed by atoms with Gasteiger partial charge in [0, 0.05) is 16.1 Å². The molecule has 0 saturated heterocycles. The Bertz CT molecular complexity index is 932. The van der Waals surface area contributed by atoms with E-state index in [0.29, 0.717) is 23.2 Å². The highest BCUT2D eigenvalue weighted by Gasteiger charge is 2.25. The summed E-state index contributed by atoms with van der Waals surface area (Å²) in [4.78, 5) is 3.95. The third-order valence-corrected chi connectivity index (χ3v) is 4.46. The number of hydrogen-bond donors (Lipinski definition) is 0. The first kappa shape index (κ1) is 15.6. The van der Waals surface area contributed by atoms with E-state index in [1.807, 2.05) is 53.1 Å². The van der Waals surface area contributed by atoms with Crippen LogP contribution in [0, 0.1) is 0 Å². The summed E-state index contributed by atoms with van der Waals surface area (Å²) in [5.41, 5.74) is 3.61. The van der Waals surface area contributed by atoms with E-state index in [1.165, 1.54) is 0 Å². The molecule has 2 aromatic carbocycles. The van der Waals surface area contributed by atoms with Crippen LogP contribution in [-0.4, -0.2) is 20.5 Å². The predicted molar refractivity (Wildman–Crippen MR) is 96.6 cm³/mol. The number of aliphatic imine (C=N–C) groups is 1. The van der Waals surface area contributed by atoms with E-state index in [1.54, 1.807) is 0 Å². The molecule has 1 aromatic heterocycles. The minimum atomic E-state index is -0.784. The Kier molecular flexibility index (Phi) is 4.04. The van der Waals surface area contributed by atoms with Gasteiger partial charge >= 0.3 is 0 Å². The van der Waals surface area contributed by atoms with Crippen molar-refractivity contribution in [3.8, 4) is 5.69 Å². The van der Waals surface area contributed by atoms with Gasteiger partial charge in [0.25, 0.3) is 0 Å². The molecule has 7 heteroatoms. The van der Waals surface area contributed by atoms with Gasteiger partial charge in [0.2, 0.25) is 0 Å². The minimum absolute atomic E-state index is 0.379. The van der Waals surface area contributed by atoms with E-state index in [4.69, 9.17) is 39.8 Å². The topological polar surface area (TPSA) is 43.1 Å². The van der Waals surface area contributed by atoms with Crippen molar-refractivity contribution in [2.75, 3.05) is 0 Å². The van der Waals surface area contributed by atoms with Crippen molar-refractivity contribution in [2.45, 2.75) is 11.4 Å². The van der Waals surface area contributed by atoms with Gasteiger partial charge in [-0.25, -0.2) is 0 Å². The number of nitrogens with zero attached hydrogens (tertiary/aromatic N) is 4. The predicted octanol–water partition coefficient (Wildman–Crippen LogP) is 4.75. The number of benzene rings is 2. The van der Waals surface area contributed by atoms with E-state index < -0.39 is 4.84 Å². The Balaban J connectivity index is 1.99. The van der Waals surface area contributed by atoms with Gasteiger partial charge in [0.05, 0.1) is 11.4 Å². The van der Waals surface area contributed by atoms with Crippen LogP contribution in [0.4, 0.5) is 0 Å². The average Bonchev–Trinajstić information content (AvgIpc) is 2.94. The van der Waals surface area contributed by atoms with Gasteiger partial charge in [-0.05, 0) is 18.2 Å². The van der Waals surface area contributed by atoms with Crippen LogP contribution in [0.1, 0.15) is 27.6 Å². The molecule has 0 N–H and O–H groups in total. The largest absolute Gasteiger partial charge is 0.278 e. The second-order valence-corrected chi connectivity index (χ2v) is 6.84. The molecule has 0 amide bonds. The standard InChI is InChI=1S/C17H11Cl3N4/c18-11-6-7-13-12(8-11)15(10-4-2-1-3-5-10)21-9-14-22-23-17(16(19)20)24(13)14/h1-8,16H,9H2. The molecule has 0 atom stereocenters. The van der Waals surface area contributed by atoms with Crippen LogP contribution in [0.3, 0.4) is 0 Å². The first-order valence-electron chi connectivity index (χ1n) is 7.27. The molecule has 0 fully saturated rings. The zero-order valence-corrected chi connectivity index (χ0v) is 14.6. The summed E-state index contributed by atoms with van der Waals surface area (Å²) in [6.45, 7) is 0.379. The number of hydrogen-bond acceptors (Lipinski definition) is 3. The summed E-state index contributed by atoms with van der Waals surface area (Å²) in [5.74, 6) is 1.16. The molecule has 0 spiro atoms. The number of alkyl halides is 2. The fourth-order valence-electron chi connectivity index (χ4n) is 2.81. The minimum Gasteiger partial charge on any atom is -0.278 e. The van der Waals surface area contributed by atoms with Gasteiger partial charge in [-0.3, -0.25) is 9.56 Å². The summed E-state index contributed by atoms with van der Waals surface area (Å²) in [5, 5.41) is 8.92. The molecule has 0 unspecified atom stereocenters. The third kappa shape index (κ3) is 2.61. The summed E-state index contributed by atoms with van der Waals surface area (Å²) >= 11 is 18.4. The quantitative estimate of drug-likeness (QED) is 0.605. The first-order chi connectivity index (χ1) is 11.6. The highest BCUT2D eigenvalue weighted by molar-refractivity contribution is 6.43. The van der Waals surface area contributed by atoms with Crippen LogP contribution in [0.2, 0.25) is 5.02 Å². The van der Waals surface area contributed by atoms with Crippen molar-refractivity contribution in [1.29, 1.82) is 0 Å². The Morgan fingerprint density at radius 1 is 1.00 bits per heavy atom. The zero-order chi connectivity index (χ0) is 16.7. The molecule has 24 heavy (non-hydrogen) atoms. The maximum absolute atomic E-state index is 6.24. The van der Waals surface area contributed by atoms with Gasteiger partial charge in [-0.15, -0.1) is 10.2 Å². The SMILES string of the molecule is Clc1ccc2c(c1)C(c1ccccc1)=NCc1nnc(C(Cl)Cl)n1-2. The van der Waals surface area contributed by atoms with Crippen LogP contribution in [-0.2, 0) is 6.54 Å². The van der Waals surface area contributed by atoms with E-state index in [9.17, 15) is 0 Å². The zero-order valence-electron chi connectivity index (χ0n) is 12.3. The van der Waals surface area contributed by atoms with Crippen LogP contribution >= 0.6 is 34.8 Å². The van der Waals surface area contributed by atoms with Gasteiger partial charge < -0.3 is 0 Å². The fourth-order valence-corrected chi connectivity index (χ4v) is 3.26. The van der Waals surface area contributed by atoms with Crippen LogP contribution in [0.15, 0.2) is 53.5 Å². The van der Waals surface area contributed by atoms with Crippen molar-refractivity contribution in [2.24, 2.45) is 4.99 Å². The van der Waals surface area contributed by atoms with Gasteiger partial charge in [0.15, 0.2) is 16.5 Å². The molecular formula is C17H11Cl3N4. The van der Waals surface area contributed by atoms with Crippen LogP contribution in [0.25, 0.3) is 5.69 Å². The molecule has 1 aliphatic heterocycles. The van der Waals surface area contributed by atoms with E-state index in [-0.39, 0.29) is 0 Å². The Labute approximate surface area is 153 Å². The Hall–Kier alpha value is -1.88. The fraction of sp³-hybridized carbons (Fsp3) is 0.118. The van der Waals surface area contributed by atoms with Crippen molar-refractivity contribution >= 4 is 40.5 Å². The maximum atomic E-state index is 6.24. The Morgan fingerprint density at radius 2 is 1.79 bits per heavy atom. The van der Waals surface area contributed by atoms with Crippen LogP contribution in [0.5, 0.6) is 0 Å². The Morgan fingerprint density at radius 3 is 2.54 bits per heavy atom. The highest BCUT2D eigenvalue weighted by Crippen LogP contribution is 2.32. The summed E-state index contributed by atoms with van der Waals surface area (Å²) in [6, 6.07) is 15.6. The van der Waals surface area contributed by atoms with Crippen LogP contribution < -0.4 is 0 Å². The smallest absolute Gasteiger partial charge is 0.171 e. The second-order valence-electron chi connectivity index (χ2n) is 5.30. The summed E-state index contributed by atoms with van der Waals surface area (Å²) < 4.78 is 1.86. The number of aromatic nitrogens is 3. The van der Waals surface area contributed by atoms with Gasteiger partial charge in [-0.1, -0.05) is 65.1 Å². The van der Waals surface area contributed by atoms with E-state index in [0.717, 1.165) is 22.5 Å². The van der Waals surface area contributed by atoms with Crippen molar-refractivity contribution in [3.05, 3.63) is 76.3 Å². The average molecular weight is 378 g/mol. The molecule has 2 heterocycles. The molecule has 1 aliphatic rings. The summed E-state index contributed by atoms with van der Waals surface area (Å²) in [6.07, 6.45) is 0. The monoisotopic (exact) mass is 376 g/mol. The molecule has 0 aliphatic carbocycles. The van der Waals surface area contributed by atoms with E-state index >= 15 is 0 Å². The molecule has 4 rings (SSSR count). The van der Waals surface area contributed by atoms with Gasteiger partial charge in [-0.2, -0.15) is 0 Å². The number of rotatable bonds is 2. The lowest BCUT2D eigenvalue weighted by Gasteiger charge is -2.14. The molecule has 4 nitrogen and oxygen atoms in total. The third-order valence-electron chi connectivity index (χ3n) is 3.83. The maximum Gasteiger partial charge on any atom is 0.171 e. The lowest BCUT2D eigenvalue weighted by molar-refractivity contribution is 0.856. The highest BCUT2D eigenvalue weighted by atomic mass is 35.5. The summed E-state index contributed by atoms with van der Waals surface area (Å²) in [7, 11) is 0. The van der Waals surface area contributed by atoms with E-state index in [2.05, 4.69) is 10.2 Å². The lowest BCUT2D eigenvalue weighted by atomic mass is 10.0. The van der Waals surface area contributed by atoms with Gasteiger partial charge in [0.1, 0.15) is 6.54 Å². The lowest BCUT2D eigenvalue weighted by Crippen LogP contribution is -2.09. The number of fused-ring (bicyclic) bond motifs is 3. The molecule has 0 bridgehead atoms.